The van der Waals surface area contributed by atoms with Crippen molar-refractivity contribution in [2.75, 3.05) is 0 Å². The standard InChI is InChI=1S/C8H8ClN3S/c1-12-6-4-2-3-5(9)7(6)13-8(12)11-10/h2-4H,10H2,1H3/b11-8+. The van der Waals surface area contributed by atoms with Crippen molar-refractivity contribution in [2.24, 2.45) is 18.0 Å². The zero-order valence-corrected chi connectivity index (χ0v) is 8.56. The molecule has 3 nitrogen and oxygen atoms in total. The van der Waals surface area contributed by atoms with Crippen LogP contribution in [-0.4, -0.2) is 4.57 Å². The highest BCUT2D eigenvalue weighted by atomic mass is 35.5. The van der Waals surface area contributed by atoms with E-state index in [0.717, 1.165) is 20.0 Å². The normalized spacial score (nSPS) is 12.6. The number of benzene rings is 1. The zero-order chi connectivity index (χ0) is 9.42. The van der Waals surface area contributed by atoms with Gasteiger partial charge in [-0.1, -0.05) is 29.0 Å². The Morgan fingerprint density at radius 2 is 2.31 bits per heavy atom. The van der Waals surface area contributed by atoms with Gasteiger partial charge in [-0.15, -0.1) is 0 Å². The van der Waals surface area contributed by atoms with Gasteiger partial charge in [0, 0.05) is 7.05 Å². The first-order valence-corrected chi connectivity index (χ1v) is 4.91. The zero-order valence-electron chi connectivity index (χ0n) is 6.99. The Morgan fingerprint density at radius 3 is 2.92 bits per heavy atom. The van der Waals surface area contributed by atoms with Crippen molar-refractivity contribution in [3.05, 3.63) is 28.0 Å². The van der Waals surface area contributed by atoms with Gasteiger partial charge in [0.15, 0.2) is 0 Å². The van der Waals surface area contributed by atoms with Gasteiger partial charge in [0.05, 0.1) is 15.2 Å². The highest BCUT2D eigenvalue weighted by Gasteiger charge is 2.04. The molecule has 0 radical (unpaired) electrons. The topological polar surface area (TPSA) is 43.3 Å². The molecule has 13 heavy (non-hydrogen) atoms. The monoisotopic (exact) mass is 213 g/mol. The van der Waals surface area contributed by atoms with Crippen LogP contribution in [0.15, 0.2) is 23.3 Å². The van der Waals surface area contributed by atoms with Crippen LogP contribution in [0.1, 0.15) is 0 Å². The molecule has 0 bridgehead atoms. The van der Waals surface area contributed by atoms with Crippen LogP contribution < -0.4 is 10.6 Å². The van der Waals surface area contributed by atoms with E-state index in [9.17, 15) is 0 Å². The first-order chi connectivity index (χ1) is 6.24. The summed E-state index contributed by atoms with van der Waals surface area (Å²) in [5.74, 6) is 5.24. The largest absolute Gasteiger partial charge is 0.320 e. The molecule has 2 rings (SSSR count). The first-order valence-electron chi connectivity index (χ1n) is 3.72. The second-order valence-electron chi connectivity index (χ2n) is 2.66. The molecule has 0 amide bonds. The fourth-order valence-electron chi connectivity index (χ4n) is 1.24. The van der Waals surface area contributed by atoms with Crippen LogP contribution >= 0.6 is 22.9 Å². The number of hydrogen-bond acceptors (Lipinski definition) is 3. The minimum atomic E-state index is 0.744. The van der Waals surface area contributed by atoms with Crippen molar-refractivity contribution < 1.29 is 0 Å². The van der Waals surface area contributed by atoms with E-state index in [1.165, 1.54) is 11.3 Å². The average Bonchev–Trinajstić information content (AvgIpc) is 2.45. The maximum atomic E-state index is 6.01. The number of nitrogens with two attached hydrogens (primary N) is 1. The lowest BCUT2D eigenvalue weighted by molar-refractivity contribution is 0.888. The molecule has 0 unspecified atom stereocenters. The molecule has 1 aromatic carbocycles. The van der Waals surface area contributed by atoms with Crippen LogP contribution in [0.25, 0.3) is 10.2 Å². The minimum Gasteiger partial charge on any atom is -0.320 e. The van der Waals surface area contributed by atoms with E-state index in [2.05, 4.69) is 5.10 Å². The van der Waals surface area contributed by atoms with Gasteiger partial charge in [0.25, 0.3) is 0 Å². The number of hydrogen-bond donors (Lipinski definition) is 1. The molecule has 1 aromatic heterocycles. The molecular weight excluding hydrogens is 206 g/mol. The molecule has 0 fully saturated rings. The SMILES string of the molecule is Cn1/c(=N\N)sc2c(Cl)cccc21. The van der Waals surface area contributed by atoms with Gasteiger partial charge in [0.2, 0.25) is 4.80 Å². The fraction of sp³-hybridized carbons (Fsp3) is 0.125. The maximum absolute atomic E-state index is 6.01. The van der Waals surface area contributed by atoms with E-state index in [1.807, 2.05) is 29.8 Å². The van der Waals surface area contributed by atoms with E-state index in [-0.39, 0.29) is 0 Å². The van der Waals surface area contributed by atoms with Crippen molar-refractivity contribution in [1.29, 1.82) is 0 Å². The third-order valence-corrected chi connectivity index (χ3v) is 3.52. The Labute approximate surface area is 84.1 Å². The van der Waals surface area contributed by atoms with Gasteiger partial charge in [-0.3, -0.25) is 0 Å². The molecule has 0 atom stereocenters. The summed E-state index contributed by atoms with van der Waals surface area (Å²) in [6.07, 6.45) is 0. The number of rotatable bonds is 0. The lowest BCUT2D eigenvalue weighted by Crippen LogP contribution is -2.11. The van der Waals surface area contributed by atoms with E-state index in [4.69, 9.17) is 17.4 Å². The number of thiazole rings is 1. The summed E-state index contributed by atoms with van der Waals surface area (Å²) in [5.41, 5.74) is 1.06. The summed E-state index contributed by atoms with van der Waals surface area (Å²) in [6, 6.07) is 5.77. The average molecular weight is 214 g/mol. The molecule has 2 N–H and O–H groups in total. The summed E-state index contributed by atoms with van der Waals surface area (Å²) >= 11 is 7.50. The summed E-state index contributed by atoms with van der Waals surface area (Å²) in [4.78, 5) is 0.767. The predicted octanol–water partition coefficient (Wildman–Crippen LogP) is 1.67. The third kappa shape index (κ3) is 1.22. The molecule has 1 heterocycles. The second kappa shape index (κ2) is 3.05. The molecule has 0 aliphatic carbocycles. The third-order valence-electron chi connectivity index (χ3n) is 1.90. The molecule has 0 aliphatic rings. The van der Waals surface area contributed by atoms with Crippen LogP contribution in [-0.2, 0) is 7.05 Å². The molecule has 5 heteroatoms. The van der Waals surface area contributed by atoms with Gasteiger partial charge < -0.3 is 10.4 Å². The molecule has 0 saturated carbocycles. The second-order valence-corrected chi connectivity index (χ2v) is 4.05. The Bertz CT molecular complexity index is 512. The Balaban J connectivity index is 3.00. The van der Waals surface area contributed by atoms with Crippen LogP contribution in [0.5, 0.6) is 0 Å². The molecule has 0 spiro atoms. The van der Waals surface area contributed by atoms with Gasteiger partial charge >= 0.3 is 0 Å². The number of fused-ring (bicyclic) bond motifs is 1. The number of aryl methyl sites for hydroxylation is 1. The van der Waals surface area contributed by atoms with Gasteiger partial charge in [-0.25, -0.2) is 0 Å². The van der Waals surface area contributed by atoms with Crippen molar-refractivity contribution in [1.82, 2.24) is 4.57 Å². The lowest BCUT2D eigenvalue weighted by atomic mass is 10.3. The van der Waals surface area contributed by atoms with Crippen molar-refractivity contribution >= 4 is 33.2 Å². The number of halogens is 1. The summed E-state index contributed by atoms with van der Waals surface area (Å²) in [6.45, 7) is 0. The smallest absolute Gasteiger partial charge is 0.208 e. The molecule has 0 aliphatic heterocycles. The highest BCUT2D eigenvalue weighted by molar-refractivity contribution is 7.17. The van der Waals surface area contributed by atoms with Gasteiger partial charge in [-0.05, 0) is 12.1 Å². The Hall–Kier alpha value is -1.00. The molecular formula is C8H8ClN3S. The van der Waals surface area contributed by atoms with E-state index >= 15 is 0 Å². The van der Waals surface area contributed by atoms with E-state index in [1.54, 1.807) is 0 Å². The summed E-state index contributed by atoms with van der Waals surface area (Å²) in [5, 5.41) is 4.41. The van der Waals surface area contributed by atoms with Crippen molar-refractivity contribution in [2.45, 2.75) is 0 Å². The van der Waals surface area contributed by atoms with Crippen molar-refractivity contribution in [3.63, 3.8) is 0 Å². The Kier molecular flexibility index (Phi) is 2.01. The first kappa shape index (κ1) is 8.59. The van der Waals surface area contributed by atoms with Crippen LogP contribution in [0.4, 0.5) is 0 Å². The van der Waals surface area contributed by atoms with E-state index < -0.39 is 0 Å². The molecule has 0 saturated heterocycles. The summed E-state index contributed by atoms with van der Waals surface area (Å²) < 4.78 is 2.95. The van der Waals surface area contributed by atoms with E-state index in [0.29, 0.717) is 0 Å². The minimum absolute atomic E-state index is 0.744. The Morgan fingerprint density at radius 1 is 1.54 bits per heavy atom. The van der Waals surface area contributed by atoms with Crippen LogP contribution in [0, 0.1) is 0 Å². The number of nitrogens with zero attached hydrogens (tertiary/aromatic N) is 2. The lowest BCUT2D eigenvalue weighted by Gasteiger charge is -1.94. The predicted molar refractivity (Wildman–Crippen MR) is 55.6 cm³/mol. The fourth-order valence-corrected chi connectivity index (χ4v) is 2.47. The molecule has 68 valence electrons. The quantitative estimate of drug-likeness (QED) is 0.525. The number of aromatic nitrogens is 1. The highest BCUT2D eigenvalue weighted by Crippen LogP contribution is 2.24. The molecule has 2 aromatic rings. The maximum Gasteiger partial charge on any atom is 0.208 e. The van der Waals surface area contributed by atoms with Crippen LogP contribution in [0.2, 0.25) is 5.02 Å². The van der Waals surface area contributed by atoms with Gasteiger partial charge in [-0.2, -0.15) is 5.10 Å². The van der Waals surface area contributed by atoms with Crippen molar-refractivity contribution in [3.8, 4) is 0 Å². The summed E-state index contributed by atoms with van der Waals surface area (Å²) in [7, 11) is 1.92. The van der Waals surface area contributed by atoms with Gasteiger partial charge in [0.1, 0.15) is 0 Å². The van der Waals surface area contributed by atoms with Crippen LogP contribution in [0.3, 0.4) is 0 Å².